The number of carbonyl (C=O) groups excluding carboxylic acids is 1. The Labute approximate surface area is 165 Å². The summed E-state index contributed by atoms with van der Waals surface area (Å²) < 4.78 is 11.6. The molecule has 1 saturated heterocycles. The van der Waals surface area contributed by atoms with Crippen molar-refractivity contribution < 1.29 is 14.3 Å². The lowest BCUT2D eigenvalue weighted by Gasteiger charge is -2.38. The van der Waals surface area contributed by atoms with Gasteiger partial charge in [-0.25, -0.2) is 0 Å². The van der Waals surface area contributed by atoms with Crippen molar-refractivity contribution in [1.82, 2.24) is 4.90 Å². The number of anilines is 1. The summed E-state index contributed by atoms with van der Waals surface area (Å²) >= 11 is 0. The first-order valence-corrected chi connectivity index (χ1v) is 10.2. The van der Waals surface area contributed by atoms with E-state index in [0.29, 0.717) is 11.5 Å². The van der Waals surface area contributed by atoms with Gasteiger partial charge in [0.05, 0.1) is 12.5 Å². The highest BCUT2D eigenvalue weighted by Crippen LogP contribution is 2.49. The Morgan fingerprint density at radius 1 is 1.11 bits per heavy atom. The molecule has 5 rings (SSSR count). The van der Waals surface area contributed by atoms with Gasteiger partial charge in [0.2, 0.25) is 5.91 Å². The van der Waals surface area contributed by atoms with Crippen LogP contribution in [-0.2, 0) is 10.2 Å². The number of ether oxygens (including phenoxy) is 2. The molecule has 1 N–H and O–H groups in total. The molecule has 5 heteroatoms. The molecule has 0 bridgehead atoms. The van der Waals surface area contributed by atoms with Crippen molar-refractivity contribution in [3.63, 3.8) is 0 Å². The van der Waals surface area contributed by atoms with E-state index in [-0.39, 0.29) is 5.91 Å². The molecule has 2 heterocycles. The van der Waals surface area contributed by atoms with Crippen LogP contribution in [0, 0.1) is 5.92 Å². The lowest BCUT2D eigenvalue weighted by molar-refractivity contribution is -0.122. The number of hydrogen-bond donors (Lipinski definition) is 1. The molecule has 2 aliphatic heterocycles. The molecule has 0 unspecified atom stereocenters. The molecule has 1 aliphatic carbocycles. The van der Waals surface area contributed by atoms with Crippen LogP contribution in [-0.4, -0.2) is 37.6 Å². The van der Waals surface area contributed by atoms with Crippen molar-refractivity contribution in [1.29, 1.82) is 0 Å². The smallest absolute Gasteiger partial charge is 0.235 e. The zero-order valence-corrected chi connectivity index (χ0v) is 16.2. The molecular weight excluding hydrogens is 352 g/mol. The number of likely N-dealkylation sites (tertiary alicyclic amines) is 1. The lowest BCUT2D eigenvalue weighted by Crippen LogP contribution is -2.46. The molecule has 0 aromatic heterocycles. The molecule has 2 aromatic carbocycles. The number of para-hydroxylation sites is 1. The Morgan fingerprint density at radius 3 is 2.54 bits per heavy atom. The van der Waals surface area contributed by atoms with Gasteiger partial charge in [-0.2, -0.15) is 0 Å². The normalized spacial score (nSPS) is 20.7. The van der Waals surface area contributed by atoms with Crippen molar-refractivity contribution >= 4 is 11.6 Å². The molecule has 2 fully saturated rings. The SMILES string of the molecule is COc1cc2c(cc1Oc1ccccc1)NC(=O)C21CCN(CC2CC2)CC1. The number of benzene rings is 2. The van der Waals surface area contributed by atoms with Gasteiger partial charge >= 0.3 is 0 Å². The highest BCUT2D eigenvalue weighted by Gasteiger charge is 2.49. The van der Waals surface area contributed by atoms with Crippen LogP contribution in [0.15, 0.2) is 42.5 Å². The maximum absolute atomic E-state index is 13.0. The monoisotopic (exact) mass is 378 g/mol. The van der Waals surface area contributed by atoms with Crippen LogP contribution in [0.5, 0.6) is 17.2 Å². The summed E-state index contributed by atoms with van der Waals surface area (Å²) in [5.41, 5.74) is 1.47. The van der Waals surface area contributed by atoms with Crippen LogP contribution in [0.2, 0.25) is 0 Å². The van der Waals surface area contributed by atoms with Gasteiger partial charge in [0, 0.05) is 18.3 Å². The minimum Gasteiger partial charge on any atom is -0.493 e. The van der Waals surface area contributed by atoms with Gasteiger partial charge in [0.15, 0.2) is 11.5 Å². The molecule has 28 heavy (non-hydrogen) atoms. The Hall–Kier alpha value is -2.53. The summed E-state index contributed by atoms with van der Waals surface area (Å²) in [7, 11) is 1.65. The second kappa shape index (κ2) is 6.82. The van der Waals surface area contributed by atoms with E-state index >= 15 is 0 Å². The van der Waals surface area contributed by atoms with E-state index in [4.69, 9.17) is 9.47 Å². The van der Waals surface area contributed by atoms with Crippen molar-refractivity contribution in [2.45, 2.75) is 31.1 Å². The van der Waals surface area contributed by atoms with E-state index in [2.05, 4.69) is 10.2 Å². The molecule has 1 saturated carbocycles. The predicted molar refractivity (Wildman–Crippen MR) is 108 cm³/mol. The number of rotatable bonds is 5. The van der Waals surface area contributed by atoms with E-state index in [1.54, 1.807) is 7.11 Å². The largest absolute Gasteiger partial charge is 0.493 e. The molecule has 0 radical (unpaired) electrons. The quantitative estimate of drug-likeness (QED) is 0.848. The zero-order chi connectivity index (χ0) is 19.1. The maximum Gasteiger partial charge on any atom is 0.235 e. The number of piperidine rings is 1. The minimum atomic E-state index is -0.437. The van der Waals surface area contributed by atoms with E-state index in [9.17, 15) is 4.79 Å². The Morgan fingerprint density at radius 2 is 1.86 bits per heavy atom. The van der Waals surface area contributed by atoms with Crippen molar-refractivity contribution in [3.8, 4) is 17.2 Å². The lowest BCUT2D eigenvalue weighted by atomic mass is 9.73. The van der Waals surface area contributed by atoms with E-state index in [1.807, 2.05) is 42.5 Å². The average Bonchev–Trinajstić information content (AvgIpc) is 3.49. The van der Waals surface area contributed by atoms with Crippen LogP contribution in [0.3, 0.4) is 0 Å². The number of methoxy groups -OCH3 is 1. The number of amides is 1. The predicted octanol–water partition coefficient (Wildman–Crippen LogP) is 4.18. The first kappa shape index (κ1) is 17.6. The van der Waals surface area contributed by atoms with Gasteiger partial charge in [-0.1, -0.05) is 18.2 Å². The number of fused-ring (bicyclic) bond motifs is 2. The van der Waals surface area contributed by atoms with E-state index < -0.39 is 5.41 Å². The Kier molecular flexibility index (Phi) is 4.27. The van der Waals surface area contributed by atoms with Crippen molar-refractivity contribution in [3.05, 3.63) is 48.0 Å². The Bertz CT molecular complexity index is 884. The third kappa shape index (κ3) is 3.04. The third-order valence-corrected chi connectivity index (χ3v) is 6.40. The van der Waals surface area contributed by atoms with Gasteiger partial charge in [0.25, 0.3) is 0 Å². The van der Waals surface area contributed by atoms with Crippen molar-refractivity contribution in [2.75, 3.05) is 32.1 Å². The van der Waals surface area contributed by atoms with Gasteiger partial charge in [-0.3, -0.25) is 4.79 Å². The fourth-order valence-corrected chi connectivity index (χ4v) is 4.56. The molecular formula is C23H26N2O3. The summed E-state index contributed by atoms with van der Waals surface area (Å²) in [5.74, 6) is 3.03. The molecule has 2 aromatic rings. The first-order valence-electron chi connectivity index (χ1n) is 10.2. The van der Waals surface area contributed by atoms with Gasteiger partial charge in [0.1, 0.15) is 5.75 Å². The topological polar surface area (TPSA) is 50.8 Å². The fourth-order valence-electron chi connectivity index (χ4n) is 4.56. The highest BCUT2D eigenvalue weighted by atomic mass is 16.5. The van der Waals surface area contributed by atoms with Gasteiger partial charge < -0.3 is 19.7 Å². The van der Waals surface area contributed by atoms with Crippen LogP contribution in [0.4, 0.5) is 5.69 Å². The zero-order valence-electron chi connectivity index (χ0n) is 16.2. The summed E-state index contributed by atoms with van der Waals surface area (Å²) in [6.07, 6.45) is 4.46. The molecule has 0 atom stereocenters. The molecule has 5 nitrogen and oxygen atoms in total. The van der Waals surface area contributed by atoms with E-state index in [0.717, 1.165) is 48.8 Å². The number of nitrogens with one attached hydrogen (secondary N) is 1. The first-order chi connectivity index (χ1) is 13.7. The summed E-state index contributed by atoms with van der Waals surface area (Å²) in [4.78, 5) is 15.5. The fraction of sp³-hybridized carbons (Fsp3) is 0.435. The summed E-state index contributed by atoms with van der Waals surface area (Å²) in [6, 6.07) is 13.5. The molecule has 1 amide bonds. The van der Waals surface area contributed by atoms with Gasteiger partial charge in [-0.15, -0.1) is 0 Å². The number of hydrogen-bond acceptors (Lipinski definition) is 4. The van der Waals surface area contributed by atoms with Crippen LogP contribution < -0.4 is 14.8 Å². The number of carbonyl (C=O) groups is 1. The third-order valence-electron chi connectivity index (χ3n) is 6.40. The van der Waals surface area contributed by atoms with Gasteiger partial charge in [-0.05, 0) is 68.5 Å². The average molecular weight is 378 g/mol. The number of nitrogens with zero attached hydrogens (tertiary/aromatic N) is 1. The van der Waals surface area contributed by atoms with Crippen LogP contribution >= 0.6 is 0 Å². The van der Waals surface area contributed by atoms with Crippen molar-refractivity contribution in [2.24, 2.45) is 5.92 Å². The van der Waals surface area contributed by atoms with Crippen LogP contribution in [0.25, 0.3) is 0 Å². The molecule has 3 aliphatic rings. The van der Waals surface area contributed by atoms with E-state index in [1.165, 1.54) is 19.4 Å². The standard InChI is InChI=1S/C23H26N2O3/c1-27-20-13-18-19(14-21(20)28-17-5-3-2-4-6-17)24-22(26)23(18)9-11-25(12-10-23)15-16-7-8-16/h2-6,13-14,16H,7-12,15H2,1H3,(H,24,26). The second-order valence-corrected chi connectivity index (χ2v) is 8.24. The highest BCUT2D eigenvalue weighted by molar-refractivity contribution is 6.06. The second-order valence-electron chi connectivity index (χ2n) is 8.24. The molecule has 1 spiro atoms. The maximum atomic E-state index is 13.0. The molecule has 146 valence electrons. The summed E-state index contributed by atoms with van der Waals surface area (Å²) in [6.45, 7) is 3.15. The van der Waals surface area contributed by atoms with Crippen LogP contribution in [0.1, 0.15) is 31.2 Å². The summed E-state index contributed by atoms with van der Waals surface area (Å²) in [5, 5.41) is 3.11. The Balaban J connectivity index is 1.43. The minimum absolute atomic E-state index is 0.118.